The number of aryl methyl sites for hydroxylation is 2. The number of amides is 2. The number of benzene rings is 3. The number of imide groups is 1. The molecule has 33 heavy (non-hydrogen) atoms. The van der Waals surface area contributed by atoms with E-state index in [2.05, 4.69) is 5.32 Å². The van der Waals surface area contributed by atoms with Crippen molar-refractivity contribution in [2.24, 2.45) is 0 Å². The first-order chi connectivity index (χ1) is 15.8. The Morgan fingerprint density at radius 1 is 0.818 bits per heavy atom. The van der Waals surface area contributed by atoms with Crippen LogP contribution in [0, 0.1) is 19.7 Å². The van der Waals surface area contributed by atoms with Crippen molar-refractivity contribution in [1.29, 1.82) is 0 Å². The molecule has 168 valence electrons. The number of carbonyl (C=O) groups excluding carboxylic acids is 2. The molecule has 7 heteroatoms. The highest BCUT2D eigenvalue weighted by Crippen LogP contribution is 2.36. The zero-order valence-corrected chi connectivity index (χ0v) is 18.7. The molecule has 1 aliphatic heterocycles. The van der Waals surface area contributed by atoms with Crippen LogP contribution in [0.5, 0.6) is 11.5 Å². The highest BCUT2D eigenvalue weighted by Gasteiger charge is 2.40. The quantitative estimate of drug-likeness (QED) is 0.548. The van der Waals surface area contributed by atoms with E-state index in [-0.39, 0.29) is 11.3 Å². The molecule has 0 fully saturated rings. The number of hydrogen-bond acceptors (Lipinski definition) is 5. The third-order valence-corrected chi connectivity index (χ3v) is 5.43. The van der Waals surface area contributed by atoms with Crippen molar-refractivity contribution in [3.8, 4) is 11.5 Å². The van der Waals surface area contributed by atoms with Crippen molar-refractivity contribution >= 4 is 28.8 Å². The molecular formula is C26H23FN2O4. The number of nitrogens with one attached hydrogen (secondary N) is 1. The summed E-state index contributed by atoms with van der Waals surface area (Å²) in [5.41, 5.74) is 3.48. The summed E-state index contributed by atoms with van der Waals surface area (Å²) in [6.07, 6.45) is 0. The Bertz CT molecular complexity index is 1260. The number of anilines is 2. The average Bonchev–Trinajstić information content (AvgIpc) is 3.03. The SMILES string of the molecule is COc1cc(NC2=C(c3ccc(F)cc3)C(=O)N(c3ccc(C)cc3C)C2=O)cc(OC)c1. The molecule has 0 radical (unpaired) electrons. The molecule has 0 saturated heterocycles. The van der Waals surface area contributed by atoms with Gasteiger partial charge in [0.1, 0.15) is 23.0 Å². The van der Waals surface area contributed by atoms with Crippen molar-refractivity contribution in [2.45, 2.75) is 13.8 Å². The van der Waals surface area contributed by atoms with Crippen LogP contribution < -0.4 is 19.7 Å². The van der Waals surface area contributed by atoms with Crippen LogP contribution in [-0.2, 0) is 9.59 Å². The summed E-state index contributed by atoms with van der Waals surface area (Å²) in [4.78, 5) is 28.3. The van der Waals surface area contributed by atoms with E-state index in [0.717, 1.165) is 16.0 Å². The van der Waals surface area contributed by atoms with E-state index in [1.165, 1.54) is 38.5 Å². The minimum absolute atomic E-state index is 0.0851. The Kier molecular flexibility index (Phi) is 5.87. The summed E-state index contributed by atoms with van der Waals surface area (Å²) >= 11 is 0. The second kappa shape index (κ2) is 8.78. The molecule has 0 aliphatic carbocycles. The van der Waals surface area contributed by atoms with Crippen LogP contribution in [0.2, 0.25) is 0 Å². The zero-order chi connectivity index (χ0) is 23.7. The van der Waals surface area contributed by atoms with E-state index in [9.17, 15) is 14.0 Å². The van der Waals surface area contributed by atoms with Gasteiger partial charge in [0, 0.05) is 23.9 Å². The number of carbonyl (C=O) groups is 2. The zero-order valence-electron chi connectivity index (χ0n) is 18.7. The largest absolute Gasteiger partial charge is 0.497 e. The minimum atomic E-state index is -0.506. The van der Waals surface area contributed by atoms with Gasteiger partial charge in [-0.1, -0.05) is 29.8 Å². The Morgan fingerprint density at radius 2 is 1.45 bits per heavy atom. The molecule has 1 N–H and O–H groups in total. The van der Waals surface area contributed by atoms with Crippen molar-refractivity contribution < 1.29 is 23.5 Å². The lowest BCUT2D eigenvalue weighted by Crippen LogP contribution is -2.33. The maximum absolute atomic E-state index is 13.6. The fraction of sp³-hybridized carbons (Fsp3) is 0.154. The highest BCUT2D eigenvalue weighted by molar-refractivity contribution is 6.46. The first-order valence-electron chi connectivity index (χ1n) is 10.3. The van der Waals surface area contributed by atoms with Crippen LogP contribution in [0.15, 0.2) is 66.4 Å². The Hall–Kier alpha value is -4.13. The minimum Gasteiger partial charge on any atom is -0.497 e. The van der Waals surface area contributed by atoms with E-state index < -0.39 is 17.6 Å². The number of rotatable bonds is 6. The van der Waals surface area contributed by atoms with Gasteiger partial charge in [0.05, 0.1) is 25.5 Å². The summed E-state index contributed by atoms with van der Waals surface area (Å²) in [7, 11) is 3.04. The molecule has 6 nitrogen and oxygen atoms in total. The smallest absolute Gasteiger partial charge is 0.282 e. The molecule has 3 aromatic rings. The number of methoxy groups -OCH3 is 2. The number of halogens is 1. The van der Waals surface area contributed by atoms with Crippen molar-refractivity contribution in [1.82, 2.24) is 0 Å². The first-order valence-corrected chi connectivity index (χ1v) is 10.3. The van der Waals surface area contributed by atoms with Gasteiger partial charge in [-0.25, -0.2) is 9.29 Å². The van der Waals surface area contributed by atoms with Crippen molar-refractivity contribution in [3.05, 3.63) is 88.9 Å². The van der Waals surface area contributed by atoms with Gasteiger partial charge in [0.25, 0.3) is 11.8 Å². The van der Waals surface area contributed by atoms with Crippen LogP contribution in [0.25, 0.3) is 5.57 Å². The summed E-state index contributed by atoms with van der Waals surface area (Å²) in [5, 5.41) is 3.08. The van der Waals surface area contributed by atoms with Gasteiger partial charge < -0.3 is 14.8 Å². The molecule has 0 aromatic heterocycles. The molecule has 2 amide bonds. The standard InChI is InChI=1S/C26H23FN2O4/c1-15-5-10-22(16(2)11-15)29-25(30)23(17-6-8-18(27)9-7-17)24(26(29)31)28-19-12-20(32-3)14-21(13-19)33-4/h5-14,28H,1-4H3. The van der Waals surface area contributed by atoms with E-state index in [1.54, 1.807) is 24.3 Å². The summed E-state index contributed by atoms with van der Waals surface area (Å²) in [6.45, 7) is 3.79. The predicted octanol–water partition coefficient (Wildman–Crippen LogP) is 4.86. The van der Waals surface area contributed by atoms with E-state index in [1.807, 2.05) is 26.0 Å². The van der Waals surface area contributed by atoms with Gasteiger partial charge in [-0.15, -0.1) is 0 Å². The lowest BCUT2D eigenvalue weighted by molar-refractivity contribution is -0.120. The van der Waals surface area contributed by atoms with Gasteiger partial charge in [0.15, 0.2) is 0 Å². The van der Waals surface area contributed by atoms with Crippen LogP contribution in [0.3, 0.4) is 0 Å². The molecule has 1 aliphatic rings. The van der Waals surface area contributed by atoms with Gasteiger partial charge >= 0.3 is 0 Å². The Labute approximate surface area is 191 Å². The van der Waals surface area contributed by atoms with Gasteiger partial charge in [0.2, 0.25) is 0 Å². The molecule has 0 atom stereocenters. The summed E-state index contributed by atoms with van der Waals surface area (Å²) in [6, 6.07) is 16.1. The van der Waals surface area contributed by atoms with Crippen molar-refractivity contribution in [3.63, 3.8) is 0 Å². The molecule has 4 rings (SSSR count). The molecule has 0 spiro atoms. The monoisotopic (exact) mass is 446 g/mol. The fourth-order valence-electron chi connectivity index (χ4n) is 3.83. The first kappa shape index (κ1) is 22.1. The molecule has 0 unspecified atom stereocenters. The maximum atomic E-state index is 13.6. The molecular weight excluding hydrogens is 423 g/mol. The second-order valence-electron chi connectivity index (χ2n) is 7.72. The number of hydrogen-bond donors (Lipinski definition) is 1. The third-order valence-electron chi connectivity index (χ3n) is 5.43. The van der Waals surface area contributed by atoms with E-state index in [0.29, 0.717) is 28.4 Å². The van der Waals surface area contributed by atoms with Gasteiger partial charge in [-0.05, 0) is 43.2 Å². The third kappa shape index (κ3) is 4.17. The Morgan fingerprint density at radius 3 is 2.03 bits per heavy atom. The fourth-order valence-corrected chi connectivity index (χ4v) is 3.83. The van der Waals surface area contributed by atoms with Crippen LogP contribution >= 0.6 is 0 Å². The molecule has 0 bridgehead atoms. The van der Waals surface area contributed by atoms with Gasteiger partial charge in [-0.2, -0.15) is 0 Å². The molecule has 1 heterocycles. The molecule has 3 aromatic carbocycles. The Balaban J connectivity index is 1.85. The molecule has 0 saturated carbocycles. The normalized spacial score (nSPS) is 13.5. The van der Waals surface area contributed by atoms with Crippen LogP contribution in [0.1, 0.15) is 16.7 Å². The van der Waals surface area contributed by atoms with Crippen molar-refractivity contribution in [2.75, 3.05) is 24.4 Å². The topological polar surface area (TPSA) is 67.9 Å². The van der Waals surface area contributed by atoms with Crippen LogP contribution in [-0.4, -0.2) is 26.0 Å². The number of nitrogens with zero attached hydrogens (tertiary/aromatic N) is 1. The summed E-state index contributed by atoms with van der Waals surface area (Å²) in [5.74, 6) is -0.397. The lowest BCUT2D eigenvalue weighted by atomic mass is 10.0. The van der Waals surface area contributed by atoms with E-state index in [4.69, 9.17) is 9.47 Å². The maximum Gasteiger partial charge on any atom is 0.282 e. The lowest BCUT2D eigenvalue weighted by Gasteiger charge is -2.18. The second-order valence-corrected chi connectivity index (χ2v) is 7.72. The van der Waals surface area contributed by atoms with Gasteiger partial charge in [-0.3, -0.25) is 9.59 Å². The van der Waals surface area contributed by atoms with Crippen LogP contribution in [0.4, 0.5) is 15.8 Å². The van der Waals surface area contributed by atoms with E-state index >= 15 is 0 Å². The summed E-state index contributed by atoms with van der Waals surface area (Å²) < 4.78 is 24.2. The number of ether oxygens (including phenoxy) is 2. The predicted molar refractivity (Wildman–Crippen MR) is 125 cm³/mol. The highest BCUT2D eigenvalue weighted by atomic mass is 19.1. The average molecular weight is 446 g/mol.